The van der Waals surface area contributed by atoms with Crippen LogP contribution in [0.1, 0.15) is 17.5 Å². The number of benzene rings is 1. The molecule has 10 heteroatoms. The number of Topliss-reactive ketones (excluding diaryl/α,β-unsaturated/α-hetero) is 2. The van der Waals surface area contributed by atoms with E-state index in [-0.39, 0.29) is 23.3 Å². The van der Waals surface area contributed by atoms with Crippen LogP contribution in [0.5, 0.6) is 5.75 Å². The number of carbonyl (C=O) groups is 3. The van der Waals surface area contributed by atoms with Crippen molar-refractivity contribution in [3.8, 4) is 5.75 Å². The van der Waals surface area contributed by atoms with Crippen molar-refractivity contribution < 1.29 is 34.8 Å². The van der Waals surface area contributed by atoms with Crippen molar-refractivity contribution in [2.45, 2.75) is 24.5 Å². The largest absolute Gasteiger partial charge is 0.508 e. The molecule has 6 N–H and O–H groups in total. The molecule has 0 bridgehead atoms. The number of aliphatic hydroxyl groups excluding tert-OH is 2. The third-order valence-electron chi connectivity index (χ3n) is 6.46. The molecule has 172 valence electrons. The Kier molecular flexibility index (Phi) is 6.42. The van der Waals surface area contributed by atoms with Crippen molar-refractivity contribution in [2.24, 2.45) is 17.6 Å². The summed E-state index contributed by atoms with van der Waals surface area (Å²) >= 11 is 2.15. The molecular weight excluding hydrogens is 531 g/mol. The van der Waals surface area contributed by atoms with Gasteiger partial charge in [-0.25, -0.2) is 0 Å². The van der Waals surface area contributed by atoms with Gasteiger partial charge in [0.1, 0.15) is 22.8 Å². The Balaban J connectivity index is 0.00000141. The SMILES string of the molecule is CI.CN(C)[C@@H]1C(=O)C(C(N)=O)=C(O)[C@@]2(O)C(=O)C3=C(O)c4c(O)cccc4C[C@H]3C[C@@H]12. The summed E-state index contributed by atoms with van der Waals surface area (Å²) < 4.78 is 0. The van der Waals surface area contributed by atoms with Crippen molar-refractivity contribution >= 4 is 45.8 Å². The minimum Gasteiger partial charge on any atom is -0.508 e. The molecule has 32 heavy (non-hydrogen) atoms. The summed E-state index contributed by atoms with van der Waals surface area (Å²) in [4.78, 5) is 41.7. The number of carbonyl (C=O) groups excluding carboxylic acids is 3. The number of ketones is 2. The molecule has 0 unspecified atom stereocenters. The number of likely N-dealkylation sites (N-methyl/N-ethyl adjacent to an activating group) is 1. The summed E-state index contributed by atoms with van der Waals surface area (Å²) in [5.41, 5.74) is 2.41. The van der Waals surface area contributed by atoms with Crippen LogP contribution < -0.4 is 5.73 Å². The zero-order chi connectivity index (χ0) is 24.1. The summed E-state index contributed by atoms with van der Waals surface area (Å²) in [6.07, 6.45) is 0.379. The van der Waals surface area contributed by atoms with Crippen LogP contribution in [0.25, 0.3) is 5.76 Å². The summed E-state index contributed by atoms with van der Waals surface area (Å²) in [5.74, 6) is -6.43. The molecule has 0 aliphatic heterocycles. The number of phenolic OH excluding ortho intramolecular Hbond substituents is 1. The average molecular weight is 556 g/mol. The summed E-state index contributed by atoms with van der Waals surface area (Å²) in [6.45, 7) is 0. The number of primary amides is 1. The lowest BCUT2D eigenvalue weighted by Crippen LogP contribution is -2.65. The molecule has 4 rings (SSSR count). The minimum atomic E-state index is -2.60. The van der Waals surface area contributed by atoms with E-state index in [1.54, 1.807) is 26.2 Å². The maximum absolute atomic E-state index is 13.5. The van der Waals surface area contributed by atoms with E-state index in [1.807, 2.05) is 4.93 Å². The Bertz CT molecular complexity index is 1080. The average Bonchev–Trinajstić information content (AvgIpc) is 2.71. The third-order valence-corrected chi connectivity index (χ3v) is 6.46. The first-order valence-electron chi connectivity index (χ1n) is 9.85. The van der Waals surface area contributed by atoms with Crippen LogP contribution >= 0.6 is 22.6 Å². The van der Waals surface area contributed by atoms with Crippen molar-refractivity contribution in [3.05, 3.63) is 46.2 Å². The number of hydrogen-bond donors (Lipinski definition) is 5. The van der Waals surface area contributed by atoms with Gasteiger partial charge in [-0.15, -0.1) is 0 Å². The first-order chi connectivity index (χ1) is 15.0. The van der Waals surface area contributed by atoms with E-state index in [0.717, 1.165) is 0 Å². The van der Waals surface area contributed by atoms with Crippen LogP contribution in [0.2, 0.25) is 0 Å². The maximum atomic E-state index is 13.5. The summed E-state index contributed by atoms with van der Waals surface area (Å²) in [7, 11) is 3.12. The molecular formula is C22H25IN2O7. The van der Waals surface area contributed by atoms with Gasteiger partial charge in [0.05, 0.1) is 11.6 Å². The lowest BCUT2D eigenvalue weighted by atomic mass is 9.57. The predicted molar refractivity (Wildman–Crippen MR) is 124 cm³/mol. The van der Waals surface area contributed by atoms with Gasteiger partial charge in [-0.1, -0.05) is 34.7 Å². The number of nitrogens with zero attached hydrogens (tertiary/aromatic N) is 1. The second-order valence-electron chi connectivity index (χ2n) is 8.27. The van der Waals surface area contributed by atoms with Crippen LogP contribution in [-0.2, 0) is 20.8 Å². The van der Waals surface area contributed by atoms with Crippen molar-refractivity contribution in [2.75, 3.05) is 19.0 Å². The van der Waals surface area contributed by atoms with E-state index in [9.17, 15) is 34.8 Å². The van der Waals surface area contributed by atoms with Crippen LogP contribution in [0, 0.1) is 11.8 Å². The molecule has 1 amide bonds. The maximum Gasteiger partial charge on any atom is 0.255 e. The van der Waals surface area contributed by atoms with Crippen molar-refractivity contribution in [1.82, 2.24) is 4.90 Å². The Hall–Kier alpha value is -2.44. The lowest BCUT2D eigenvalue weighted by Gasteiger charge is -2.50. The molecule has 9 nitrogen and oxygen atoms in total. The Labute approximate surface area is 198 Å². The van der Waals surface area contributed by atoms with E-state index in [1.165, 1.54) is 11.0 Å². The molecule has 1 aromatic carbocycles. The fraction of sp³-hybridized carbons (Fsp3) is 0.409. The molecule has 1 fully saturated rings. The monoisotopic (exact) mass is 556 g/mol. The second-order valence-corrected chi connectivity index (χ2v) is 8.27. The Morgan fingerprint density at radius 1 is 1.19 bits per heavy atom. The molecule has 1 aromatic rings. The number of nitrogens with two attached hydrogens (primary N) is 1. The standard InChI is InChI=1S/C21H22N2O7.CH3I/c1-23(2)15-10-7-9-6-8-4-3-5-11(24)12(8)16(25)13(9)18(27)21(10,30)19(28)14(17(15)26)20(22)29;1-2/h3-5,9-10,15,24-25,28,30H,6-7H2,1-2H3,(H2,22,29);1H3/t9-,10-,15-,21-;/m0./s1. The minimum absolute atomic E-state index is 0.0847. The van der Waals surface area contributed by atoms with E-state index in [2.05, 4.69) is 22.6 Å². The van der Waals surface area contributed by atoms with E-state index < -0.39 is 58.0 Å². The number of phenols is 1. The predicted octanol–water partition coefficient (Wildman–Crippen LogP) is 1.02. The number of halogens is 1. The van der Waals surface area contributed by atoms with Crippen LogP contribution in [0.3, 0.4) is 0 Å². The molecule has 0 spiro atoms. The van der Waals surface area contributed by atoms with Gasteiger partial charge in [-0.05, 0) is 49.4 Å². The van der Waals surface area contributed by atoms with E-state index in [4.69, 9.17) is 5.73 Å². The summed E-state index contributed by atoms with van der Waals surface area (Å²) in [6, 6.07) is 3.62. The topological polar surface area (TPSA) is 161 Å². The van der Waals surface area contributed by atoms with Crippen molar-refractivity contribution in [1.29, 1.82) is 0 Å². The van der Waals surface area contributed by atoms with Gasteiger partial charge < -0.3 is 26.2 Å². The number of aliphatic hydroxyl groups is 3. The van der Waals surface area contributed by atoms with Gasteiger partial charge >= 0.3 is 0 Å². The lowest BCUT2D eigenvalue weighted by molar-refractivity contribution is -0.153. The van der Waals surface area contributed by atoms with Gasteiger partial charge in [0, 0.05) is 11.5 Å². The molecule has 0 radical (unpaired) electrons. The normalized spacial score (nSPS) is 29.1. The van der Waals surface area contributed by atoms with Crippen LogP contribution in [-0.4, -0.2) is 73.5 Å². The molecule has 1 saturated carbocycles. The highest BCUT2D eigenvalue weighted by Gasteiger charge is 2.64. The highest BCUT2D eigenvalue weighted by Crippen LogP contribution is 2.52. The highest BCUT2D eigenvalue weighted by atomic mass is 127. The molecule has 3 aliphatic rings. The highest BCUT2D eigenvalue weighted by molar-refractivity contribution is 14.1. The van der Waals surface area contributed by atoms with Crippen LogP contribution in [0.4, 0.5) is 0 Å². The van der Waals surface area contributed by atoms with Gasteiger partial charge in [0.2, 0.25) is 5.78 Å². The summed E-state index contributed by atoms with van der Waals surface area (Å²) in [5, 5.41) is 43.1. The number of hydrogen-bond acceptors (Lipinski definition) is 8. The zero-order valence-electron chi connectivity index (χ0n) is 17.8. The number of rotatable bonds is 2. The Morgan fingerprint density at radius 3 is 2.38 bits per heavy atom. The Morgan fingerprint density at radius 2 is 1.81 bits per heavy atom. The van der Waals surface area contributed by atoms with Gasteiger partial charge in [-0.2, -0.15) is 0 Å². The molecule has 0 aromatic heterocycles. The first-order valence-corrected chi connectivity index (χ1v) is 12.0. The van der Waals surface area contributed by atoms with Gasteiger partial charge in [-0.3, -0.25) is 19.3 Å². The molecule has 4 atom stereocenters. The van der Waals surface area contributed by atoms with Gasteiger partial charge in [0.15, 0.2) is 11.4 Å². The van der Waals surface area contributed by atoms with Crippen LogP contribution in [0.15, 0.2) is 35.1 Å². The second kappa shape index (κ2) is 8.49. The smallest absolute Gasteiger partial charge is 0.255 e. The van der Waals surface area contributed by atoms with E-state index in [0.29, 0.717) is 12.0 Å². The zero-order valence-corrected chi connectivity index (χ0v) is 20.0. The number of alkyl halides is 1. The van der Waals surface area contributed by atoms with Gasteiger partial charge in [0.25, 0.3) is 5.91 Å². The molecule has 0 heterocycles. The molecule has 0 saturated heterocycles. The number of aromatic hydroxyl groups is 1. The number of fused-ring (bicyclic) bond motifs is 3. The van der Waals surface area contributed by atoms with E-state index >= 15 is 0 Å². The fourth-order valence-corrected chi connectivity index (χ4v) is 5.18. The fourth-order valence-electron chi connectivity index (χ4n) is 5.18. The third kappa shape index (κ3) is 3.23. The number of amides is 1. The first kappa shape index (κ1) is 24.2. The van der Waals surface area contributed by atoms with Crippen molar-refractivity contribution in [3.63, 3.8) is 0 Å². The quantitative estimate of drug-likeness (QED) is 0.205. The molecule has 3 aliphatic carbocycles.